The fraction of sp³-hybridized carbons (Fsp3) is 0.350. The Balaban J connectivity index is 1.51. The zero-order valence-electron chi connectivity index (χ0n) is 15.3. The van der Waals surface area contributed by atoms with E-state index in [9.17, 15) is 0 Å². The summed E-state index contributed by atoms with van der Waals surface area (Å²) in [6.07, 6.45) is 7.45. The van der Waals surface area contributed by atoms with Gasteiger partial charge in [-0.1, -0.05) is 29.8 Å². The number of rotatable bonds is 4. The van der Waals surface area contributed by atoms with E-state index < -0.39 is 0 Å². The Morgan fingerprint density at radius 2 is 1.73 bits per heavy atom. The van der Waals surface area contributed by atoms with Crippen molar-refractivity contribution in [2.24, 2.45) is 0 Å². The van der Waals surface area contributed by atoms with E-state index in [4.69, 9.17) is 0 Å². The molecule has 0 bridgehead atoms. The quantitative estimate of drug-likeness (QED) is 0.785. The second-order valence-corrected chi connectivity index (χ2v) is 6.83. The predicted octanol–water partition coefficient (Wildman–Crippen LogP) is 3.06. The van der Waals surface area contributed by atoms with E-state index in [0.29, 0.717) is 6.04 Å². The zero-order chi connectivity index (χ0) is 17.9. The molecule has 1 aromatic carbocycles. The van der Waals surface area contributed by atoms with Gasteiger partial charge in [-0.15, -0.1) is 0 Å². The van der Waals surface area contributed by atoms with Gasteiger partial charge in [0.1, 0.15) is 5.69 Å². The Hall–Kier alpha value is -2.73. The van der Waals surface area contributed by atoms with Gasteiger partial charge in [0.25, 0.3) is 0 Å². The maximum atomic E-state index is 4.65. The van der Waals surface area contributed by atoms with Crippen molar-refractivity contribution in [3.05, 3.63) is 60.2 Å². The van der Waals surface area contributed by atoms with Crippen LogP contribution in [0.2, 0.25) is 0 Å². The smallest absolute Gasteiger partial charge is 0.155 e. The SMILES string of the molecule is Cc1ccc(-c2nccnc2N2CCN(C(C)c3cn[nH]c3)CC2)cc1. The molecular weight excluding hydrogens is 324 g/mol. The van der Waals surface area contributed by atoms with Gasteiger partial charge >= 0.3 is 0 Å². The molecule has 4 rings (SSSR count). The van der Waals surface area contributed by atoms with Gasteiger partial charge in [-0.25, -0.2) is 4.98 Å². The molecule has 3 heterocycles. The van der Waals surface area contributed by atoms with Crippen molar-refractivity contribution in [2.45, 2.75) is 19.9 Å². The average molecular weight is 348 g/mol. The van der Waals surface area contributed by atoms with Crippen molar-refractivity contribution < 1.29 is 0 Å². The molecule has 3 aromatic rings. The van der Waals surface area contributed by atoms with Crippen molar-refractivity contribution in [3.63, 3.8) is 0 Å². The largest absolute Gasteiger partial charge is 0.352 e. The standard InChI is InChI=1S/C20H24N6/c1-15-3-5-17(6-4-15)19-20(22-8-7-21-19)26-11-9-25(10-12-26)16(2)18-13-23-24-14-18/h3-8,13-14,16H,9-12H2,1-2H3,(H,23,24). The maximum absolute atomic E-state index is 4.65. The summed E-state index contributed by atoms with van der Waals surface area (Å²) in [5, 5.41) is 6.98. The summed E-state index contributed by atoms with van der Waals surface area (Å²) >= 11 is 0. The van der Waals surface area contributed by atoms with Gasteiger partial charge in [0.05, 0.1) is 6.20 Å². The van der Waals surface area contributed by atoms with Crippen LogP contribution in [0.5, 0.6) is 0 Å². The lowest BCUT2D eigenvalue weighted by molar-refractivity contribution is 0.198. The summed E-state index contributed by atoms with van der Waals surface area (Å²) in [5.74, 6) is 0.979. The third-order valence-corrected chi connectivity index (χ3v) is 5.17. The van der Waals surface area contributed by atoms with Gasteiger partial charge < -0.3 is 4.90 Å². The lowest BCUT2D eigenvalue weighted by Crippen LogP contribution is -2.47. The molecule has 1 aliphatic heterocycles. The average Bonchev–Trinajstić information content (AvgIpc) is 3.23. The molecule has 1 saturated heterocycles. The van der Waals surface area contributed by atoms with Crippen LogP contribution in [-0.2, 0) is 0 Å². The maximum Gasteiger partial charge on any atom is 0.155 e. The molecule has 1 N–H and O–H groups in total. The molecule has 0 amide bonds. The van der Waals surface area contributed by atoms with Gasteiger partial charge in [0, 0.05) is 61.9 Å². The Bertz CT molecular complexity index is 835. The second kappa shape index (κ2) is 7.25. The van der Waals surface area contributed by atoms with Crippen LogP contribution in [0.4, 0.5) is 5.82 Å². The zero-order valence-corrected chi connectivity index (χ0v) is 15.3. The molecule has 134 valence electrons. The second-order valence-electron chi connectivity index (χ2n) is 6.83. The van der Waals surface area contributed by atoms with Crippen LogP contribution < -0.4 is 4.90 Å². The first kappa shape index (κ1) is 16.7. The Labute approximate surface area is 153 Å². The normalized spacial score (nSPS) is 16.6. The van der Waals surface area contributed by atoms with Crippen LogP contribution >= 0.6 is 0 Å². The number of piperazine rings is 1. The summed E-state index contributed by atoms with van der Waals surface area (Å²) in [6, 6.07) is 8.87. The molecule has 1 fully saturated rings. The molecule has 1 atom stereocenters. The van der Waals surface area contributed by atoms with Crippen LogP contribution in [0.15, 0.2) is 49.1 Å². The van der Waals surface area contributed by atoms with E-state index in [1.165, 1.54) is 11.1 Å². The van der Waals surface area contributed by atoms with Crippen LogP contribution in [0.3, 0.4) is 0 Å². The van der Waals surface area contributed by atoms with Gasteiger partial charge in [0.2, 0.25) is 0 Å². The number of aryl methyl sites for hydroxylation is 1. The number of hydrogen-bond acceptors (Lipinski definition) is 5. The third-order valence-electron chi connectivity index (χ3n) is 5.17. The van der Waals surface area contributed by atoms with E-state index >= 15 is 0 Å². The highest BCUT2D eigenvalue weighted by atomic mass is 15.3. The van der Waals surface area contributed by atoms with Crippen molar-refractivity contribution >= 4 is 5.82 Å². The summed E-state index contributed by atoms with van der Waals surface area (Å²) in [4.78, 5) is 14.1. The number of aromatic nitrogens is 4. The van der Waals surface area contributed by atoms with Gasteiger partial charge in [-0.3, -0.25) is 15.0 Å². The van der Waals surface area contributed by atoms with Crippen LogP contribution in [0.25, 0.3) is 11.3 Å². The Kier molecular flexibility index (Phi) is 4.67. The minimum Gasteiger partial charge on any atom is -0.352 e. The molecule has 26 heavy (non-hydrogen) atoms. The topological polar surface area (TPSA) is 60.9 Å². The number of hydrogen-bond donors (Lipinski definition) is 1. The van der Waals surface area contributed by atoms with Crippen molar-refractivity contribution in [1.82, 2.24) is 25.1 Å². The monoisotopic (exact) mass is 348 g/mol. The highest BCUT2D eigenvalue weighted by molar-refractivity contribution is 5.72. The van der Waals surface area contributed by atoms with Crippen LogP contribution in [-0.4, -0.2) is 51.2 Å². The number of nitrogens with zero attached hydrogens (tertiary/aromatic N) is 5. The molecule has 0 spiro atoms. The van der Waals surface area contributed by atoms with E-state index in [2.05, 4.69) is 68.1 Å². The Morgan fingerprint density at radius 1 is 1.00 bits per heavy atom. The lowest BCUT2D eigenvalue weighted by Gasteiger charge is -2.38. The minimum atomic E-state index is 0.370. The van der Waals surface area contributed by atoms with Crippen molar-refractivity contribution in [2.75, 3.05) is 31.1 Å². The summed E-state index contributed by atoms with van der Waals surface area (Å²) < 4.78 is 0. The molecular formula is C20H24N6. The molecule has 6 nitrogen and oxygen atoms in total. The number of benzene rings is 1. The summed E-state index contributed by atoms with van der Waals surface area (Å²) in [5.41, 5.74) is 4.57. The molecule has 6 heteroatoms. The first-order chi connectivity index (χ1) is 12.7. The fourth-order valence-electron chi connectivity index (χ4n) is 3.50. The van der Waals surface area contributed by atoms with Gasteiger partial charge in [0.15, 0.2) is 5.82 Å². The van der Waals surface area contributed by atoms with E-state index in [-0.39, 0.29) is 0 Å². The molecule has 0 saturated carbocycles. The first-order valence-electron chi connectivity index (χ1n) is 9.08. The van der Waals surface area contributed by atoms with Crippen LogP contribution in [0, 0.1) is 6.92 Å². The lowest BCUT2D eigenvalue weighted by atomic mass is 10.1. The number of anilines is 1. The summed E-state index contributed by atoms with van der Waals surface area (Å²) in [7, 11) is 0. The van der Waals surface area contributed by atoms with E-state index in [1.807, 2.05) is 12.4 Å². The first-order valence-corrected chi connectivity index (χ1v) is 9.08. The highest BCUT2D eigenvalue weighted by Gasteiger charge is 2.25. The van der Waals surface area contributed by atoms with Crippen molar-refractivity contribution in [3.8, 4) is 11.3 Å². The molecule has 0 aliphatic carbocycles. The van der Waals surface area contributed by atoms with Gasteiger partial charge in [-0.2, -0.15) is 5.10 Å². The number of H-pyrrole nitrogens is 1. The van der Waals surface area contributed by atoms with E-state index in [0.717, 1.165) is 43.3 Å². The third kappa shape index (κ3) is 3.32. The molecule has 0 radical (unpaired) electrons. The van der Waals surface area contributed by atoms with Crippen LogP contribution in [0.1, 0.15) is 24.1 Å². The minimum absolute atomic E-state index is 0.370. The number of aromatic amines is 1. The highest BCUT2D eigenvalue weighted by Crippen LogP contribution is 2.29. The molecule has 1 aliphatic rings. The summed E-state index contributed by atoms with van der Waals surface area (Å²) in [6.45, 7) is 8.22. The van der Waals surface area contributed by atoms with Gasteiger partial charge in [-0.05, 0) is 13.8 Å². The van der Waals surface area contributed by atoms with Crippen molar-refractivity contribution in [1.29, 1.82) is 0 Å². The predicted molar refractivity (Wildman–Crippen MR) is 103 cm³/mol. The number of nitrogens with one attached hydrogen (secondary N) is 1. The van der Waals surface area contributed by atoms with E-state index in [1.54, 1.807) is 12.4 Å². The fourth-order valence-corrected chi connectivity index (χ4v) is 3.50. The molecule has 1 unspecified atom stereocenters. The Morgan fingerprint density at radius 3 is 2.42 bits per heavy atom. The molecule has 2 aromatic heterocycles.